The summed E-state index contributed by atoms with van der Waals surface area (Å²) >= 11 is 6.10. The zero-order valence-corrected chi connectivity index (χ0v) is 15.0. The lowest BCUT2D eigenvalue weighted by molar-refractivity contribution is -0.130. The minimum Gasteiger partial charge on any atom is -0.376 e. The topological polar surface area (TPSA) is 52.5 Å². The van der Waals surface area contributed by atoms with Crippen LogP contribution < -0.4 is 5.32 Å². The van der Waals surface area contributed by atoms with Crippen molar-refractivity contribution in [2.75, 3.05) is 18.5 Å². The maximum atomic E-state index is 12.5. The summed E-state index contributed by atoms with van der Waals surface area (Å²) in [5, 5.41) is 3.54. The summed E-state index contributed by atoms with van der Waals surface area (Å²) in [6.07, 6.45) is 6.59. The molecule has 0 radical (unpaired) electrons. The number of hydrogen-bond donors (Lipinski definition) is 1. The molecule has 2 aromatic rings. The standard InChI is InChI=1S/C19H23ClN2O3/c1-14(25-13-16-6-2-5-11-24-16)19(23)21-17-8-7-15(20)12-18(17)22-9-3-4-10-22/h3-4,7-10,12,14,16H,2,5-6,11,13H2,1H3,(H,21,23). The predicted octanol–water partition coefficient (Wildman–Crippen LogP) is 4.04. The Kier molecular flexibility index (Phi) is 6.13. The highest BCUT2D eigenvalue weighted by atomic mass is 35.5. The van der Waals surface area contributed by atoms with Crippen LogP contribution in [0.5, 0.6) is 0 Å². The number of amides is 1. The largest absolute Gasteiger partial charge is 0.376 e. The van der Waals surface area contributed by atoms with Crippen LogP contribution in [0, 0.1) is 0 Å². The lowest BCUT2D eigenvalue weighted by atomic mass is 10.1. The maximum Gasteiger partial charge on any atom is 0.253 e. The van der Waals surface area contributed by atoms with Crippen LogP contribution in [0.15, 0.2) is 42.7 Å². The SMILES string of the molecule is CC(OCC1CCCCO1)C(=O)Nc1ccc(Cl)cc1-n1cccc1. The van der Waals surface area contributed by atoms with Crippen LogP contribution >= 0.6 is 11.6 Å². The van der Waals surface area contributed by atoms with Gasteiger partial charge in [-0.3, -0.25) is 4.79 Å². The quantitative estimate of drug-likeness (QED) is 0.843. The van der Waals surface area contributed by atoms with E-state index in [4.69, 9.17) is 21.1 Å². The Morgan fingerprint density at radius 1 is 1.40 bits per heavy atom. The van der Waals surface area contributed by atoms with E-state index in [2.05, 4.69) is 5.32 Å². The molecule has 1 aliphatic heterocycles. The van der Waals surface area contributed by atoms with Gasteiger partial charge in [0, 0.05) is 24.0 Å². The molecule has 1 fully saturated rings. The molecule has 1 aromatic heterocycles. The number of anilines is 1. The summed E-state index contributed by atoms with van der Waals surface area (Å²) in [6.45, 7) is 2.97. The molecule has 0 spiro atoms. The first-order valence-electron chi connectivity index (χ1n) is 8.60. The van der Waals surface area contributed by atoms with Gasteiger partial charge in [0.1, 0.15) is 6.10 Å². The molecule has 0 saturated carbocycles. The normalized spacial score (nSPS) is 18.7. The Labute approximate surface area is 152 Å². The number of aromatic nitrogens is 1. The Hall–Kier alpha value is -1.82. The van der Waals surface area contributed by atoms with Gasteiger partial charge in [0.25, 0.3) is 5.91 Å². The minimum absolute atomic E-state index is 0.0926. The average molecular weight is 363 g/mol. The molecule has 5 nitrogen and oxygen atoms in total. The van der Waals surface area contributed by atoms with Gasteiger partial charge in [0.2, 0.25) is 0 Å². The number of hydrogen-bond acceptors (Lipinski definition) is 3. The van der Waals surface area contributed by atoms with Crippen LogP contribution in [-0.4, -0.2) is 35.9 Å². The summed E-state index contributed by atoms with van der Waals surface area (Å²) in [4.78, 5) is 12.5. The molecule has 2 unspecified atom stereocenters. The van der Waals surface area contributed by atoms with Gasteiger partial charge in [0.15, 0.2) is 0 Å². The van der Waals surface area contributed by atoms with Gasteiger partial charge < -0.3 is 19.4 Å². The molecule has 1 aromatic carbocycles. The molecule has 1 amide bonds. The minimum atomic E-state index is -0.557. The number of ether oxygens (including phenoxy) is 2. The second kappa shape index (κ2) is 8.52. The van der Waals surface area contributed by atoms with Crippen LogP contribution in [0.4, 0.5) is 5.69 Å². The lowest BCUT2D eigenvalue weighted by Crippen LogP contribution is -2.32. The van der Waals surface area contributed by atoms with E-state index in [1.165, 1.54) is 0 Å². The predicted molar refractivity (Wildman–Crippen MR) is 98.4 cm³/mol. The van der Waals surface area contributed by atoms with E-state index in [0.717, 1.165) is 31.6 Å². The van der Waals surface area contributed by atoms with Crippen LogP contribution in [0.25, 0.3) is 5.69 Å². The molecule has 0 bridgehead atoms. The van der Waals surface area contributed by atoms with E-state index in [1.807, 2.05) is 35.2 Å². The molecule has 1 aliphatic rings. The van der Waals surface area contributed by atoms with Crippen LogP contribution in [0.3, 0.4) is 0 Å². The van der Waals surface area contributed by atoms with E-state index in [1.54, 1.807) is 19.1 Å². The maximum absolute atomic E-state index is 12.5. The number of nitrogens with one attached hydrogen (secondary N) is 1. The van der Waals surface area contributed by atoms with Crippen molar-refractivity contribution in [2.45, 2.75) is 38.4 Å². The molecule has 2 atom stereocenters. The molecule has 2 heterocycles. The fourth-order valence-electron chi connectivity index (χ4n) is 2.82. The zero-order valence-electron chi connectivity index (χ0n) is 14.3. The molecular weight excluding hydrogens is 340 g/mol. The third-order valence-corrected chi connectivity index (χ3v) is 4.51. The van der Waals surface area contributed by atoms with Gasteiger partial charge in [-0.25, -0.2) is 0 Å². The number of rotatable bonds is 6. The van der Waals surface area contributed by atoms with Crippen molar-refractivity contribution >= 4 is 23.2 Å². The smallest absolute Gasteiger partial charge is 0.253 e. The van der Waals surface area contributed by atoms with Gasteiger partial charge >= 0.3 is 0 Å². The highest BCUT2D eigenvalue weighted by Gasteiger charge is 2.20. The molecule has 3 rings (SSSR count). The Morgan fingerprint density at radius 3 is 2.92 bits per heavy atom. The highest BCUT2D eigenvalue weighted by molar-refractivity contribution is 6.31. The molecular formula is C19H23ClN2O3. The number of carbonyl (C=O) groups is 1. The van der Waals surface area contributed by atoms with E-state index < -0.39 is 6.10 Å². The third-order valence-electron chi connectivity index (χ3n) is 4.28. The van der Waals surface area contributed by atoms with Gasteiger partial charge in [0.05, 0.1) is 24.1 Å². The molecule has 6 heteroatoms. The van der Waals surface area contributed by atoms with Crippen molar-refractivity contribution in [1.82, 2.24) is 4.57 Å². The van der Waals surface area contributed by atoms with Gasteiger partial charge in [-0.15, -0.1) is 0 Å². The van der Waals surface area contributed by atoms with Crippen molar-refractivity contribution in [2.24, 2.45) is 0 Å². The summed E-state index contributed by atoms with van der Waals surface area (Å²) in [7, 11) is 0. The van der Waals surface area contributed by atoms with Crippen LogP contribution in [-0.2, 0) is 14.3 Å². The fraction of sp³-hybridized carbons (Fsp3) is 0.421. The highest BCUT2D eigenvalue weighted by Crippen LogP contribution is 2.25. The van der Waals surface area contributed by atoms with Crippen molar-refractivity contribution in [1.29, 1.82) is 0 Å². The average Bonchev–Trinajstić information content (AvgIpc) is 3.16. The number of halogens is 1. The van der Waals surface area contributed by atoms with Crippen molar-refractivity contribution in [3.63, 3.8) is 0 Å². The molecule has 1 N–H and O–H groups in total. The molecule has 25 heavy (non-hydrogen) atoms. The third kappa shape index (κ3) is 4.84. The Bertz CT molecular complexity index is 697. The molecule has 0 aliphatic carbocycles. The summed E-state index contributed by atoms with van der Waals surface area (Å²) in [6, 6.07) is 9.21. The van der Waals surface area contributed by atoms with Gasteiger partial charge in [-0.05, 0) is 56.5 Å². The first kappa shape index (κ1) is 18.0. The zero-order chi connectivity index (χ0) is 17.6. The van der Waals surface area contributed by atoms with Gasteiger partial charge in [-0.2, -0.15) is 0 Å². The molecule has 134 valence electrons. The first-order chi connectivity index (χ1) is 12.1. The Morgan fingerprint density at radius 2 is 2.20 bits per heavy atom. The van der Waals surface area contributed by atoms with E-state index in [0.29, 0.717) is 17.3 Å². The summed E-state index contributed by atoms with van der Waals surface area (Å²) < 4.78 is 13.2. The van der Waals surface area contributed by atoms with Crippen molar-refractivity contribution in [3.05, 3.63) is 47.7 Å². The summed E-state index contributed by atoms with van der Waals surface area (Å²) in [5.41, 5.74) is 1.50. The van der Waals surface area contributed by atoms with Crippen LogP contribution in [0.2, 0.25) is 5.02 Å². The number of carbonyl (C=O) groups excluding carboxylic acids is 1. The second-order valence-corrected chi connectivity index (χ2v) is 6.64. The second-order valence-electron chi connectivity index (χ2n) is 6.21. The van der Waals surface area contributed by atoms with Crippen LogP contribution in [0.1, 0.15) is 26.2 Å². The Balaban J connectivity index is 1.62. The van der Waals surface area contributed by atoms with E-state index in [-0.39, 0.29) is 12.0 Å². The van der Waals surface area contributed by atoms with Crippen molar-refractivity contribution < 1.29 is 14.3 Å². The van der Waals surface area contributed by atoms with Crippen molar-refractivity contribution in [3.8, 4) is 5.69 Å². The lowest BCUT2D eigenvalue weighted by Gasteiger charge is -2.24. The number of nitrogens with zero attached hydrogens (tertiary/aromatic N) is 1. The monoisotopic (exact) mass is 362 g/mol. The van der Waals surface area contributed by atoms with E-state index >= 15 is 0 Å². The first-order valence-corrected chi connectivity index (χ1v) is 8.98. The summed E-state index contributed by atoms with van der Waals surface area (Å²) in [5.74, 6) is -0.188. The fourth-order valence-corrected chi connectivity index (χ4v) is 2.99. The van der Waals surface area contributed by atoms with E-state index in [9.17, 15) is 4.79 Å². The van der Waals surface area contributed by atoms with Gasteiger partial charge in [-0.1, -0.05) is 11.6 Å². The molecule has 1 saturated heterocycles. The number of benzene rings is 1.